The third-order valence-electron chi connectivity index (χ3n) is 1.97. The van der Waals surface area contributed by atoms with Crippen molar-refractivity contribution in [2.24, 2.45) is 0 Å². The molecular formula is C11H12Br2O2. The van der Waals surface area contributed by atoms with Gasteiger partial charge >= 0.3 is 5.97 Å². The molecule has 0 atom stereocenters. The molecule has 0 aliphatic carbocycles. The zero-order chi connectivity index (χ0) is 11.4. The van der Waals surface area contributed by atoms with Crippen molar-refractivity contribution in [1.29, 1.82) is 0 Å². The highest BCUT2D eigenvalue weighted by atomic mass is 79.9. The Morgan fingerprint density at radius 1 is 1.33 bits per heavy atom. The van der Waals surface area contributed by atoms with E-state index in [9.17, 15) is 4.79 Å². The first-order valence-corrected chi connectivity index (χ1v) is 6.23. The third-order valence-corrected chi connectivity index (χ3v) is 3.56. The lowest BCUT2D eigenvalue weighted by molar-refractivity contribution is -0.142. The molecule has 1 rings (SSSR count). The van der Waals surface area contributed by atoms with Crippen LogP contribution < -0.4 is 0 Å². The van der Waals surface area contributed by atoms with Gasteiger partial charge in [-0.05, 0) is 37.1 Å². The second-order valence-electron chi connectivity index (χ2n) is 3.17. The maximum absolute atomic E-state index is 11.3. The summed E-state index contributed by atoms with van der Waals surface area (Å²) >= 11 is 6.87. The van der Waals surface area contributed by atoms with E-state index in [2.05, 4.69) is 31.9 Å². The van der Waals surface area contributed by atoms with Gasteiger partial charge in [0.25, 0.3) is 0 Å². The standard InChI is InChI=1S/C11H12Br2O2/c1-3-15-11(14)6-8-5-9(12)7(2)4-10(8)13/h4-5H,3,6H2,1-2H3. The predicted molar refractivity (Wildman–Crippen MR) is 66.9 cm³/mol. The van der Waals surface area contributed by atoms with Gasteiger partial charge in [0.2, 0.25) is 0 Å². The molecule has 4 heteroatoms. The minimum atomic E-state index is -0.200. The van der Waals surface area contributed by atoms with Crippen LogP contribution in [-0.4, -0.2) is 12.6 Å². The van der Waals surface area contributed by atoms with Crippen molar-refractivity contribution in [1.82, 2.24) is 0 Å². The van der Waals surface area contributed by atoms with E-state index in [1.54, 1.807) is 6.92 Å². The summed E-state index contributed by atoms with van der Waals surface area (Å²) in [6.45, 7) is 4.23. The molecule has 0 radical (unpaired) electrons. The number of benzene rings is 1. The summed E-state index contributed by atoms with van der Waals surface area (Å²) in [4.78, 5) is 11.3. The highest BCUT2D eigenvalue weighted by Crippen LogP contribution is 2.25. The molecule has 0 aliphatic rings. The van der Waals surface area contributed by atoms with E-state index >= 15 is 0 Å². The van der Waals surface area contributed by atoms with E-state index in [1.165, 1.54) is 0 Å². The van der Waals surface area contributed by atoms with Gasteiger partial charge in [0.15, 0.2) is 0 Å². The fourth-order valence-corrected chi connectivity index (χ4v) is 2.18. The largest absolute Gasteiger partial charge is 0.466 e. The molecule has 0 aliphatic heterocycles. The Kier molecular flexibility index (Phi) is 4.80. The summed E-state index contributed by atoms with van der Waals surface area (Å²) in [5.74, 6) is -0.200. The summed E-state index contributed by atoms with van der Waals surface area (Å²) in [6, 6.07) is 3.93. The van der Waals surface area contributed by atoms with Crippen LogP contribution >= 0.6 is 31.9 Å². The number of hydrogen-bond acceptors (Lipinski definition) is 2. The molecule has 0 amide bonds. The maximum atomic E-state index is 11.3. The Balaban J connectivity index is 2.86. The second-order valence-corrected chi connectivity index (χ2v) is 4.88. The summed E-state index contributed by atoms with van der Waals surface area (Å²) in [5, 5.41) is 0. The third kappa shape index (κ3) is 3.61. The van der Waals surface area contributed by atoms with Crippen LogP contribution in [0.4, 0.5) is 0 Å². The van der Waals surface area contributed by atoms with Gasteiger partial charge in [0, 0.05) is 8.95 Å². The number of esters is 1. The van der Waals surface area contributed by atoms with Gasteiger partial charge in [-0.25, -0.2) is 0 Å². The summed E-state index contributed by atoms with van der Waals surface area (Å²) in [5.41, 5.74) is 2.07. The fourth-order valence-electron chi connectivity index (χ4n) is 1.19. The van der Waals surface area contributed by atoms with Gasteiger partial charge in [-0.1, -0.05) is 31.9 Å². The number of carbonyl (C=O) groups is 1. The number of rotatable bonds is 3. The summed E-state index contributed by atoms with van der Waals surface area (Å²) < 4.78 is 6.84. The molecular weight excluding hydrogens is 324 g/mol. The minimum absolute atomic E-state index is 0.200. The molecule has 0 N–H and O–H groups in total. The molecule has 0 bridgehead atoms. The molecule has 0 fully saturated rings. The fraction of sp³-hybridized carbons (Fsp3) is 0.364. The molecule has 0 heterocycles. The first-order valence-electron chi connectivity index (χ1n) is 4.64. The maximum Gasteiger partial charge on any atom is 0.310 e. The number of halogens is 2. The van der Waals surface area contributed by atoms with Gasteiger partial charge in [0.1, 0.15) is 0 Å². The molecule has 1 aromatic carbocycles. The molecule has 82 valence electrons. The van der Waals surface area contributed by atoms with Crippen LogP contribution in [0, 0.1) is 6.92 Å². The Morgan fingerprint density at radius 3 is 2.60 bits per heavy atom. The molecule has 0 aromatic heterocycles. The number of hydrogen-bond donors (Lipinski definition) is 0. The van der Waals surface area contributed by atoms with Crippen molar-refractivity contribution in [3.05, 3.63) is 32.2 Å². The summed E-state index contributed by atoms with van der Waals surface area (Å²) in [7, 11) is 0. The normalized spacial score (nSPS) is 10.1. The quantitative estimate of drug-likeness (QED) is 0.788. The average Bonchev–Trinajstić information content (AvgIpc) is 2.14. The van der Waals surface area contributed by atoms with E-state index in [-0.39, 0.29) is 5.97 Å². The Hall–Kier alpha value is -0.350. The highest BCUT2D eigenvalue weighted by molar-refractivity contribution is 9.11. The lowest BCUT2D eigenvalue weighted by Crippen LogP contribution is -2.08. The highest BCUT2D eigenvalue weighted by Gasteiger charge is 2.09. The van der Waals surface area contributed by atoms with Crippen LogP contribution in [0.25, 0.3) is 0 Å². The van der Waals surface area contributed by atoms with Crippen molar-refractivity contribution >= 4 is 37.8 Å². The van der Waals surface area contributed by atoms with Crippen LogP contribution in [0.2, 0.25) is 0 Å². The average molecular weight is 336 g/mol. The molecule has 15 heavy (non-hydrogen) atoms. The van der Waals surface area contributed by atoms with Crippen molar-refractivity contribution in [3.8, 4) is 0 Å². The molecule has 0 saturated carbocycles. The molecule has 2 nitrogen and oxygen atoms in total. The van der Waals surface area contributed by atoms with Crippen LogP contribution in [0.5, 0.6) is 0 Å². The zero-order valence-electron chi connectivity index (χ0n) is 8.64. The van der Waals surface area contributed by atoms with Crippen LogP contribution in [0.1, 0.15) is 18.1 Å². The first-order chi connectivity index (χ1) is 7.04. The van der Waals surface area contributed by atoms with Crippen LogP contribution in [0.15, 0.2) is 21.1 Å². The van der Waals surface area contributed by atoms with Crippen LogP contribution in [0.3, 0.4) is 0 Å². The van der Waals surface area contributed by atoms with Gasteiger partial charge < -0.3 is 4.74 Å². The topological polar surface area (TPSA) is 26.3 Å². The number of aryl methyl sites for hydroxylation is 1. The van der Waals surface area contributed by atoms with E-state index in [4.69, 9.17) is 4.74 Å². The van der Waals surface area contributed by atoms with Crippen molar-refractivity contribution < 1.29 is 9.53 Å². The van der Waals surface area contributed by atoms with Crippen molar-refractivity contribution in [2.75, 3.05) is 6.61 Å². The van der Waals surface area contributed by atoms with E-state index in [0.717, 1.165) is 20.1 Å². The lowest BCUT2D eigenvalue weighted by atomic mass is 10.1. The number of ether oxygens (including phenoxy) is 1. The van der Waals surface area contributed by atoms with E-state index in [1.807, 2.05) is 19.1 Å². The van der Waals surface area contributed by atoms with Gasteiger partial charge in [0.05, 0.1) is 13.0 Å². The van der Waals surface area contributed by atoms with E-state index in [0.29, 0.717) is 13.0 Å². The molecule has 1 aromatic rings. The molecule has 0 spiro atoms. The van der Waals surface area contributed by atoms with E-state index < -0.39 is 0 Å². The van der Waals surface area contributed by atoms with Gasteiger partial charge in [-0.15, -0.1) is 0 Å². The SMILES string of the molecule is CCOC(=O)Cc1cc(Br)c(C)cc1Br. The monoisotopic (exact) mass is 334 g/mol. The minimum Gasteiger partial charge on any atom is -0.466 e. The van der Waals surface area contributed by atoms with Crippen LogP contribution in [-0.2, 0) is 16.0 Å². The predicted octanol–water partition coefficient (Wildman–Crippen LogP) is 3.63. The van der Waals surface area contributed by atoms with Crippen molar-refractivity contribution in [2.45, 2.75) is 20.3 Å². The molecule has 0 unspecified atom stereocenters. The molecule has 0 saturated heterocycles. The van der Waals surface area contributed by atoms with Gasteiger partial charge in [-0.2, -0.15) is 0 Å². The Bertz CT molecular complexity index is 375. The lowest BCUT2D eigenvalue weighted by Gasteiger charge is -2.07. The first kappa shape index (κ1) is 12.7. The Labute approximate surface area is 106 Å². The van der Waals surface area contributed by atoms with Crippen molar-refractivity contribution in [3.63, 3.8) is 0 Å². The number of carbonyl (C=O) groups excluding carboxylic acids is 1. The smallest absolute Gasteiger partial charge is 0.310 e. The summed E-state index contributed by atoms with van der Waals surface area (Å²) in [6.07, 6.45) is 0.299. The van der Waals surface area contributed by atoms with Gasteiger partial charge in [-0.3, -0.25) is 4.79 Å². The zero-order valence-corrected chi connectivity index (χ0v) is 11.8. The second kappa shape index (κ2) is 5.66. The Morgan fingerprint density at radius 2 is 2.00 bits per heavy atom.